The van der Waals surface area contributed by atoms with Gasteiger partial charge in [-0.15, -0.1) is 0 Å². The highest BCUT2D eigenvalue weighted by Crippen LogP contribution is 2.20. The summed E-state index contributed by atoms with van der Waals surface area (Å²) >= 11 is 0. The van der Waals surface area contributed by atoms with Crippen LogP contribution in [0.4, 0.5) is 5.69 Å². The Labute approximate surface area is 119 Å². The van der Waals surface area contributed by atoms with Gasteiger partial charge < -0.3 is 10.6 Å². The number of hydrogen-bond donors (Lipinski definition) is 1. The highest BCUT2D eigenvalue weighted by atomic mass is 17.2. The van der Waals surface area contributed by atoms with Crippen molar-refractivity contribution < 1.29 is 14.6 Å². The molecule has 1 heterocycles. The maximum Gasteiger partial charge on any atom is 0.373 e. The van der Waals surface area contributed by atoms with Crippen LogP contribution in [-0.2, 0) is 9.78 Å². The van der Waals surface area contributed by atoms with Crippen LogP contribution < -0.4 is 10.6 Å². The monoisotopic (exact) mass is 278 g/mol. The van der Waals surface area contributed by atoms with E-state index >= 15 is 0 Å². The molecular weight excluding hydrogens is 256 g/mol. The molecule has 110 valence electrons. The predicted molar refractivity (Wildman–Crippen MR) is 77.5 cm³/mol. The van der Waals surface area contributed by atoms with E-state index in [2.05, 4.69) is 4.90 Å². The maximum absolute atomic E-state index is 11.8. The van der Waals surface area contributed by atoms with Crippen molar-refractivity contribution in [3.05, 3.63) is 29.8 Å². The molecule has 1 aliphatic heterocycles. The second kappa shape index (κ2) is 5.81. The van der Waals surface area contributed by atoms with Gasteiger partial charge in [0.15, 0.2) is 0 Å². The first kappa shape index (κ1) is 14.8. The Morgan fingerprint density at radius 1 is 1.30 bits per heavy atom. The van der Waals surface area contributed by atoms with Crippen molar-refractivity contribution in [1.82, 2.24) is 0 Å². The third-order valence-corrected chi connectivity index (χ3v) is 3.06. The van der Waals surface area contributed by atoms with E-state index in [1.807, 2.05) is 32.9 Å². The van der Waals surface area contributed by atoms with Crippen molar-refractivity contribution in [2.24, 2.45) is 5.73 Å². The topological polar surface area (TPSA) is 64.8 Å². The molecule has 0 bridgehead atoms. The summed E-state index contributed by atoms with van der Waals surface area (Å²) in [5.74, 6) is -0.482. The van der Waals surface area contributed by atoms with Crippen molar-refractivity contribution in [2.45, 2.75) is 38.8 Å². The molecule has 1 atom stereocenters. The van der Waals surface area contributed by atoms with Crippen LogP contribution in [0.2, 0.25) is 0 Å². The minimum absolute atomic E-state index is 0.236. The molecule has 1 aromatic carbocycles. The average molecular weight is 278 g/mol. The molecule has 0 aliphatic carbocycles. The highest BCUT2D eigenvalue weighted by Gasteiger charge is 2.20. The summed E-state index contributed by atoms with van der Waals surface area (Å²) in [4.78, 5) is 23.8. The summed E-state index contributed by atoms with van der Waals surface area (Å²) in [6, 6.07) is 7.54. The largest absolute Gasteiger partial charge is 0.373 e. The van der Waals surface area contributed by atoms with Gasteiger partial charge in [0.05, 0.1) is 5.56 Å². The van der Waals surface area contributed by atoms with Crippen molar-refractivity contribution >= 4 is 11.7 Å². The Kier molecular flexibility index (Phi) is 4.30. The minimum Gasteiger partial charge on any atom is -0.370 e. The van der Waals surface area contributed by atoms with Gasteiger partial charge in [-0.2, -0.15) is 4.89 Å². The lowest BCUT2D eigenvalue weighted by Crippen LogP contribution is -2.26. The lowest BCUT2D eigenvalue weighted by molar-refractivity contribution is -0.301. The summed E-state index contributed by atoms with van der Waals surface area (Å²) < 4.78 is 0. The third kappa shape index (κ3) is 3.95. The summed E-state index contributed by atoms with van der Waals surface area (Å²) in [5, 5.41) is 0. The van der Waals surface area contributed by atoms with Crippen molar-refractivity contribution in [3.63, 3.8) is 0 Å². The lowest BCUT2D eigenvalue weighted by atomic mass is 10.2. The van der Waals surface area contributed by atoms with Crippen molar-refractivity contribution in [1.29, 1.82) is 0 Å². The third-order valence-electron chi connectivity index (χ3n) is 3.06. The van der Waals surface area contributed by atoms with Crippen LogP contribution >= 0.6 is 0 Å². The second-order valence-corrected chi connectivity index (χ2v) is 6.11. The second-order valence-electron chi connectivity index (χ2n) is 6.11. The molecule has 2 N–H and O–H groups in total. The zero-order valence-corrected chi connectivity index (χ0v) is 12.3. The standard InChI is InChI=1S/C15H22N2O3/c1-15(2,3)20-19-14(18)11-4-6-13(7-5-11)17-9-8-12(16)10-17/h4-7,12H,8-10,16H2,1-3H3. The van der Waals surface area contributed by atoms with E-state index in [4.69, 9.17) is 15.5 Å². The molecule has 0 radical (unpaired) electrons. The number of benzene rings is 1. The molecular formula is C15H22N2O3. The Hall–Kier alpha value is -1.59. The van der Waals surface area contributed by atoms with Crippen LogP contribution in [-0.4, -0.2) is 30.7 Å². The fourth-order valence-electron chi connectivity index (χ4n) is 2.04. The van der Waals surface area contributed by atoms with E-state index in [9.17, 15) is 4.79 Å². The summed E-state index contributed by atoms with van der Waals surface area (Å²) in [5.41, 5.74) is 6.92. The SMILES string of the molecule is CC(C)(C)OOC(=O)c1ccc(N2CCC(N)C2)cc1. The summed E-state index contributed by atoms with van der Waals surface area (Å²) in [6.07, 6.45) is 1.00. The molecule has 1 saturated heterocycles. The highest BCUT2D eigenvalue weighted by molar-refractivity contribution is 5.89. The van der Waals surface area contributed by atoms with Crippen molar-refractivity contribution in [3.8, 4) is 0 Å². The number of rotatable bonds is 3. The molecule has 5 heteroatoms. The molecule has 20 heavy (non-hydrogen) atoms. The molecule has 2 rings (SSSR count). The van der Waals surface area contributed by atoms with Crippen LogP contribution in [0.3, 0.4) is 0 Å². The molecule has 1 aromatic rings. The number of nitrogens with zero attached hydrogens (tertiary/aromatic N) is 1. The van der Waals surface area contributed by atoms with Gasteiger partial charge in [-0.05, 0) is 51.5 Å². The first-order chi connectivity index (χ1) is 9.35. The minimum atomic E-state index is -0.513. The Morgan fingerprint density at radius 3 is 2.45 bits per heavy atom. The number of carbonyl (C=O) groups excluding carboxylic acids is 1. The van der Waals surface area contributed by atoms with Gasteiger partial charge in [0.25, 0.3) is 0 Å². The van der Waals surface area contributed by atoms with Crippen LogP contribution in [0, 0.1) is 0 Å². The quantitative estimate of drug-likeness (QED) is 0.677. The van der Waals surface area contributed by atoms with Gasteiger partial charge in [-0.3, -0.25) is 4.89 Å². The number of carbonyl (C=O) groups is 1. The van der Waals surface area contributed by atoms with Crippen LogP contribution in [0.5, 0.6) is 0 Å². The first-order valence-corrected chi connectivity index (χ1v) is 6.86. The molecule has 1 unspecified atom stereocenters. The summed E-state index contributed by atoms with van der Waals surface area (Å²) in [6.45, 7) is 7.27. The predicted octanol–water partition coefficient (Wildman–Crippen LogP) is 2.11. The van der Waals surface area contributed by atoms with E-state index in [1.165, 1.54) is 0 Å². The smallest absolute Gasteiger partial charge is 0.370 e. The summed E-state index contributed by atoms with van der Waals surface area (Å²) in [7, 11) is 0. The maximum atomic E-state index is 11.8. The fraction of sp³-hybridized carbons (Fsp3) is 0.533. The van der Waals surface area contributed by atoms with Gasteiger partial charge in [-0.25, -0.2) is 4.79 Å². The molecule has 1 fully saturated rings. The van der Waals surface area contributed by atoms with Crippen molar-refractivity contribution in [2.75, 3.05) is 18.0 Å². The number of nitrogens with two attached hydrogens (primary N) is 1. The lowest BCUT2D eigenvalue weighted by Gasteiger charge is -2.19. The molecule has 0 saturated carbocycles. The first-order valence-electron chi connectivity index (χ1n) is 6.86. The molecule has 0 aromatic heterocycles. The van der Waals surface area contributed by atoms with E-state index < -0.39 is 11.6 Å². The molecule has 1 aliphatic rings. The molecule has 5 nitrogen and oxygen atoms in total. The zero-order chi connectivity index (χ0) is 14.8. The van der Waals surface area contributed by atoms with E-state index in [0.717, 1.165) is 25.2 Å². The van der Waals surface area contributed by atoms with E-state index in [-0.39, 0.29) is 6.04 Å². The molecule has 0 amide bonds. The van der Waals surface area contributed by atoms with Gasteiger partial charge in [0.1, 0.15) is 5.60 Å². The Morgan fingerprint density at radius 2 is 1.95 bits per heavy atom. The van der Waals surface area contributed by atoms with Gasteiger partial charge in [0, 0.05) is 24.8 Å². The average Bonchev–Trinajstić information content (AvgIpc) is 2.82. The van der Waals surface area contributed by atoms with Crippen LogP contribution in [0.25, 0.3) is 0 Å². The Bertz CT molecular complexity index is 465. The number of hydrogen-bond acceptors (Lipinski definition) is 5. The van der Waals surface area contributed by atoms with Gasteiger partial charge in [0.2, 0.25) is 0 Å². The van der Waals surface area contributed by atoms with Crippen LogP contribution in [0.15, 0.2) is 24.3 Å². The Balaban J connectivity index is 1.96. The van der Waals surface area contributed by atoms with Crippen LogP contribution in [0.1, 0.15) is 37.6 Å². The normalized spacial score (nSPS) is 19.2. The zero-order valence-electron chi connectivity index (χ0n) is 12.3. The van der Waals surface area contributed by atoms with E-state index in [1.54, 1.807) is 12.1 Å². The molecule has 0 spiro atoms. The van der Waals surface area contributed by atoms with Gasteiger partial charge in [-0.1, -0.05) is 0 Å². The van der Waals surface area contributed by atoms with Gasteiger partial charge >= 0.3 is 5.97 Å². The number of anilines is 1. The van der Waals surface area contributed by atoms with E-state index in [0.29, 0.717) is 5.56 Å². The fourth-order valence-corrected chi connectivity index (χ4v) is 2.04.